The van der Waals surface area contributed by atoms with E-state index in [0.29, 0.717) is 0 Å². The van der Waals surface area contributed by atoms with Crippen molar-refractivity contribution in [3.8, 4) is 0 Å². The van der Waals surface area contributed by atoms with Crippen LogP contribution in [0.1, 0.15) is 35.2 Å². The number of alkyl halides is 6. The number of nitrogens with zero attached hydrogens (tertiary/aromatic N) is 4. The SMILES string of the molecule is CC(n1cnnn1)C(O)(c1ccc(C(F)(F)F)cc1)c1ccc(C(F)(F)F)cc1. The van der Waals surface area contributed by atoms with E-state index in [1.54, 1.807) is 0 Å². The molecule has 2 aromatic carbocycles. The van der Waals surface area contributed by atoms with Gasteiger partial charge in [0, 0.05) is 0 Å². The zero-order valence-corrected chi connectivity index (χ0v) is 14.8. The molecule has 0 amide bonds. The predicted molar refractivity (Wildman–Crippen MR) is 88.4 cm³/mol. The maximum atomic E-state index is 12.9. The van der Waals surface area contributed by atoms with E-state index >= 15 is 0 Å². The lowest BCUT2D eigenvalue weighted by Gasteiger charge is -2.35. The summed E-state index contributed by atoms with van der Waals surface area (Å²) < 4.78 is 78.4. The number of aliphatic hydroxyl groups is 1. The van der Waals surface area contributed by atoms with E-state index in [-0.39, 0.29) is 11.1 Å². The summed E-state index contributed by atoms with van der Waals surface area (Å²) >= 11 is 0. The molecular weight excluding hydrogens is 402 g/mol. The van der Waals surface area contributed by atoms with Crippen molar-refractivity contribution < 1.29 is 31.4 Å². The first-order chi connectivity index (χ1) is 13.4. The number of hydrogen-bond acceptors (Lipinski definition) is 4. The maximum Gasteiger partial charge on any atom is 0.416 e. The predicted octanol–water partition coefficient (Wildman–Crippen LogP) is 4.21. The molecule has 0 saturated carbocycles. The van der Waals surface area contributed by atoms with E-state index in [0.717, 1.165) is 53.2 Å². The Morgan fingerprint density at radius 2 is 1.14 bits per heavy atom. The Hall–Kier alpha value is -2.95. The van der Waals surface area contributed by atoms with Gasteiger partial charge in [-0.15, -0.1) is 5.10 Å². The van der Waals surface area contributed by atoms with Crippen molar-refractivity contribution in [3.05, 3.63) is 77.1 Å². The van der Waals surface area contributed by atoms with Crippen molar-refractivity contribution in [2.45, 2.75) is 30.9 Å². The molecule has 1 atom stereocenters. The van der Waals surface area contributed by atoms with Gasteiger partial charge in [-0.25, -0.2) is 4.68 Å². The minimum Gasteiger partial charge on any atom is -0.378 e. The molecule has 0 saturated heterocycles. The van der Waals surface area contributed by atoms with Crippen LogP contribution in [0, 0.1) is 0 Å². The average molecular weight is 416 g/mol. The Morgan fingerprint density at radius 1 is 0.759 bits per heavy atom. The Balaban J connectivity index is 2.12. The third-order valence-electron chi connectivity index (χ3n) is 4.67. The average Bonchev–Trinajstić information content (AvgIpc) is 3.20. The number of tetrazole rings is 1. The lowest BCUT2D eigenvalue weighted by Crippen LogP contribution is -2.37. The van der Waals surface area contributed by atoms with E-state index < -0.39 is 35.1 Å². The Morgan fingerprint density at radius 3 is 1.45 bits per heavy atom. The number of hydrogen-bond donors (Lipinski definition) is 1. The summed E-state index contributed by atoms with van der Waals surface area (Å²) in [6.07, 6.45) is -7.97. The molecule has 0 aliphatic heterocycles. The van der Waals surface area contributed by atoms with Crippen LogP contribution in [-0.4, -0.2) is 25.3 Å². The number of benzene rings is 2. The lowest BCUT2D eigenvalue weighted by molar-refractivity contribution is -0.138. The van der Waals surface area contributed by atoms with Gasteiger partial charge in [-0.05, 0) is 52.7 Å². The van der Waals surface area contributed by atoms with E-state index in [2.05, 4.69) is 15.5 Å². The van der Waals surface area contributed by atoms with Crippen LogP contribution in [0.5, 0.6) is 0 Å². The largest absolute Gasteiger partial charge is 0.416 e. The van der Waals surface area contributed by atoms with E-state index in [4.69, 9.17) is 0 Å². The second kappa shape index (κ2) is 7.14. The molecule has 1 N–H and O–H groups in total. The minimum absolute atomic E-state index is 0.0354. The van der Waals surface area contributed by atoms with E-state index in [9.17, 15) is 31.4 Å². The molecule has 1 unspecified atom stereocenters. The highest BCUT2D eigenvalue weighted by Gasteiger charge is 2.41. The summed E-state index contributed by atoms with van der Waals surface area (Å²) in [6.45, 7) is 1.49. The number of aromatic nitrogens is 4. The third-order valence-corrected chi connectivity index (χ3v) is 4.67. The Labute approximate surface area is 160 Å². The topological polar surface area (TPSA) is 63.8 Å². The quantitative estimate of drug-likeness (QED) is 0.648. The summed E-state index contributed by atoms with van der Waals surface area (Å²) in [7, 11) is 0. The molecular formula is C18H14F6N4O. The van der Waals surface area contributed by atoms with Crippen LogP contribution in [0.3, 0.4) is 0 Å². The first-order valence-corrected chi connectivity index (χ1v) is 8.24. The van der Waals surface area contributed by atoms with Gasteiger partial charge in [0.05, 0.1) is 17.2 Å². The van der Waals surface area contributed by atoms with Crippen LogP contribution in [-0.2, 0) is 18.0 Å². The first kappa shape index (κ1) is 20.8. The monoisotopic (exact) mass is 416 g/mol. The molecule has 1 heterocycles. The molecule has 11 heteroatoms. The highest BCUT2D eigenvalue weighted by atomic mass is 19.4. The Bertz CT molecular complexity index is 893. The molecule has 1 aromatic heterocycles. The van der Waals surface area contributed by atoms with Gasteiger partial charge in [-0.2, -0.15) is 26.3 Å². The molecule has 0 bridgehead atoms. The second-order valence-corrected chi connectivity index (χ2v) is 6.38. The van der Waals surface area contributed by atoms with Gasteiger partial charge in [-0.1, -0.05) is 24.3 Å². The molecule has 0 fully saturated rings. The van der Waals surface area contributed by atoms with Gasteiger partial charge >= 0.3 is 12.4 Å². The minimum atomic E-state index is -4.58. The van der Waals surface area contributed by atoms with Crippen LogP contribution in [0.15, 0.2) is 54.9 Å². The molecule has 0 spiro atoms. The number of halogens is 6. The normalized spacial score (nSPS) is 14.1. The zero-order chi connectivity index (χ0) is 21.4. The van der Waals surface area contributed by atoms with Gasteiger partial charge in [0.25, 0.3) is 0 Å². The van der Waals surface area contributed by atoms with Gasteiger partial charge in [0.15, 0.2) is 0 Å². The van der Waals surface area contributed by atoms with Crippen molar-refractivity contribution in [1.82, 2.24) is 20.2 Å². The van der Waals surface area contributed by atoms with Crippen molar-refractivity contribution >= 4 is 0 Å². The number of rotatable bonds is 4. The fourth-order valence-electron chi connectivity index (χ4n) is 3.01. The van der Waals surface area contributed by atoms with Gasteiger partial charge in [-0.3, -0.25) is 0 Å². The summed E-state index contributed by atoms with van der Waals surface area (Å²) in [5, 5.41) is 22.1. The fourth-order valence-corrected chi connectivity index (χ4v) is 3.01. The fraction of sp³-hybridized carbons (Fsp3) is 0.278. The summed E-state index contributed by atoms with van der Waals surface area (Å²) in [5.41, 5.74) is -3.79. The van der Waals surface area contributed by atoms with Crippen LogP contribution in [0.25, 0.3) is 0 Å². The van der Waals surface area contributed by atoms with Crippen molar-refractivity contribution in [1.29, 1.82) is 0 Å². The molecule has 154 valence electrons. The zero-order valence-electron chi connectivity index (χ0n) is 14.8. The summed E-state index contributed by atoms with van der Waals surface area (Å²) in [5.74, 6) is 0. The smallest absolute Gasteiger partial charge is 0.378 e. The summed E-state index contributed by atoms with van der Waals surface area (Å²) in [4.78, 5) is 0. The van der Waals surface area contributed by atoms with Gasteiger partial charge < -0.3 is 5.11 Å². The van der Waals surface area contributed by atoms with Gasteiger partial charge in [0.1, 0.15) is 11.9 Å². The van der Waals surface area contributed by atoms with Crippen molar-refractivity contribution in [3.63, 3.8) is 0 Å². The Kier molecular flexibility index (Phi) is 5.11. The molecule has 3 aromatic rings. The molecule has 0 aliphatic rings. The third kappa shape index (κ3) is 3.95. The van der Waals surface area contributed by atoms with Crippen molar-refractivity contribution in [2.24, 2.45) is 0 Å². The standard InChI is InChI=1S/C18H14F6N4O/c1-11(28-10-25-26-27-28)16(29,12-2-6-14(7-3-12)17(19,20)21)13-4-8-15(9-5-13)18(22,23)24/h2-11,29H,1H3. The first-order valence-electron chi connectivity index (χ1n) is 8.24. The van der Waals surface area contributed by atoms with Crippen LogP contribution in [0.4, 0.5) is 26.3 Å². The van der Waals surface area contributed by atoms with Crippen molar-refractivity contribution in [2.75, 3.05) is 0 Å². The highest BCUT2D eigenvalue weighted by Crippen LogP contribution is 2.41. The van der Waals surface area contributed by atoms with Crippen LogP contribution < -0.4 is 0 Å². The lowest BCUT2D eigenvalue weighted by atomic mass is 9.80. The van der Waals surface area contributed by atoms with Crippen LogP contribution in [0.2, 0.25) is 0 Å². The molecule has 3 rings (SSSR count). The molecule has 0 radical (unpaired) electrons. The van der Waals surface area contributed by atoms with E-state index in [1.165, 1.54) is 13.3 Å². The summed E-state index contributed by atoms with van der Waals surface area (Å²) in [6, 6.07) is 6.48. The molecule has 5 nitrogen and oxygen atoms in total. The second-order valence-electron chi connectivity index (χ2n) is 6.38. The molecule has 0 aliphatic carbocycles. The van der Waals surface area contributed by atoms with E-state index in [1.807, 2.05) is 0 Å². The van der Waals surface area contributed by atoms with Gasteiger partial charge in [0.2, 0.25) is 0 Å². The maximum absolute atomic E-state index is 12.9. The van der Waals surface area contributed by atoms with Crippen LogP contribution >= 0.6 is 0 Å². The highest BCUT2D eigenvalue weighted by molar-refractivity contribution is 5.40. The molecule has 29 heavy (non-hydrogen) atoms.